The number of hydrogen-bond acceptors (Lipinski definition) is 5. The van der Waals surface area contributed by atoms with E-state index in [1.165, 1.54) is 29.5 Å². The van der Waals surface area contributed by atoms with E-state index in [9.17, 15) is 18.0 Å². The van der Waals surface area contributed by atoms with E-state index in [0.717, 1.165) is 17.3 Å². The summed E-state index contributed by atoms with van der Waals surface area (Å²) < 4.78 is 44.4. The van der Waals surface area contributed by atoms with Crippen molar-refractivity contribution >= 4 is 33.1 Å². The lowest BCUT2D eigenvalue weighted by Crippen LogP contribution is -2.09. The van der Waals surface area contributed by atoms with Crippen molar-refractivity contribution in [3.05, 3.63) is 75.5 Å². The third kappa shape index (κ3) is 3.38. The van der Waals surface area contributed by atoms with E-state index in [0.29, 0.717) is 10.8 Å². The molecule has 2 heterocycles. The van der Waals surface area contributed by atoms with E-state index >= 15 is 0 Å². The van der Waals surface area contributed by atoms with Crippen molar-refractivity contribution in [1.29, 1.82) is 0 Å². The summed E-state index contributed by atoms with van der Waals surface area (Å²) in [6, 6.07) is 12.7. The standard InChI is InChI=1S/C20H13F3N2O2S/c1-11-5-2-3-8-15(11)24-19-25-16(10-28-19)13-9-12-6-4-7-14(20(21,22)23)17(12)27-18(13)26/h2-10H,1H3,(H,24,25). The number of hydrogen-bond donors (Lipinski definition) is 1. The van der Waals surface area contributed by atoms with Crippen LogP contribution in [0.15, 0.2) is 63.1 Å². The number of nitrogens with zero attached hydrogens (tertiary/aromatic N) is 1. The van der Waals surface area contributed by atoms with Crippen LogP contribution in [0.25, 0.3) is 22.2 Å². The molecule has 4 rings (SSSR count). The quantitative estimate of drug-likeness (QED) is 0.428. The van der Waals surface area contributed by atoms with Gasteiger partial charge in [-0.15, -0.1) is 11.3 Å². The Kier molecular flexibility index (Phi) is 4.43. The molecule has 0 atom stereocenters. The highest BCUT2D eigenvalue weighted by molar-refractivity contribution is 7.14. The van der Waals surface area contributed by atoms with Gasteiger partial charge in [0.2, 0.25) is 0 Å². The SMILES string of the molecule is Cc1ccccc1Nc1nc(-c2cc3cccc(C(F)(F)F)c3oc2=O)cs1. The number of alkyl halides is 3. The number of fused-ring (bicyclic) bond motifs is 1. The van der Waals surface area contributed by atoms with Crippen molar-refractivity contribution in [2.75, 3.05) is 5.32 Å². The van der Waals surface area contributed by atoms with Crippen molar-refractivity contribution in [3.63, 3.8) is 0 Å². The zero-order chi connectivity index (χ0) is 19.9. The van der Waals surface area contributed by atoms with Crippen molar-refractivity contribution < 1.29 is 17.6 Å². The fraction of sp³-hybridized carbons (Fsp3) is 0.100. The lowest BCUT2D eigenvalue weighted by molar-refractivity contribution is -0.136. The Morgan fingerprint density at radius 3 is 2.64 bits per heavy atom. The fourth-order valence-electron chi connectivity index (χ4n) is 2.83. The lowest BCUT2D eigenvalue weighted by atomic mass is 10.1. The summed E-state index contributed by atoms with van der Waals surface area (Å²) in [6.07, 6.45) is -4.61. The normalized spacial score (nSPS) is 11.7. The molecule has 0 aliphatic carbocycles. The first-order valence-corrected chi connectivity index (χ1v) is 9.13. The zero-order valence-electron chi connectivity index (χ0n) is 14.5. The maximum Gasteiger partial charge on any atom is 0.420 e. The molecule has 0 aliphatic heterocycles. The molecule has 2 aromatic carbocycles. The van der Waals surface area contributed by atoms with Crippen LogP contribution in [0.4, 0.5) is 24.0 Å². The Morgan fingerprint density at radius 1 is 1.11 bits per heavy atom. The summed E-state index contributed by atoms with van der Waals surface area (Å²) in [5.41, 5.74) is 0.0472. The first-order valence-electron chi connectivity index (χ1n) is 8.25. The molecule has 2 aromatic heterocycles. The zero-order valence-corrected chi connectivity index (χ0v) is 15.3. The Hall–Kier alpha value is -3.13. The molecule has 28 heavy (non-hydrogen) atoms. The van der Waals surface area contributed by atoms with Crippen molar-refractivity contribution in [1.82, 2.24) is 4.98 Å². The van der Waals surface area contributed by atoms with Crippen molar-refractivity contribution in [3.8, 4) is 11.3 Å². The summed E-state index contributed by atoms with van der Waals surface area (Å²) in [6.45, 7) is 1.95. The van der Waals surface area contributed by atoms with Crippen LogP contribution in [0.3, 0.4) is 0 Å². The third-order valence-corrected chi connectivity index (χ3v) is 4.99. The Balaban J connectivity index is 1.74. The largest absolute Gasteiger partial charge is 0.422 e. The molecule has 0 fully saturated rings. The number of nitrogens with one attached hydrogen (secondary N) is 1. The molecule has 0 amide bonds. The molecule has 8 heteroatoms. The van der Waals surface area contributed by atoms with Crippen molar-refractivity contribution in [2.24, 2.45) is 0 Å². The Labute approximate surface area is 161 Å². The van der Waals surface area contributed by atoms with Crippen LogP contribution in [0.5, 0.6) is 0 Å². The minimum absolute atomic E-state index is 0.112. The van der Waals surface area contributed by atoms with Gasteiger partial charge in [0.15, 0.2) is 10.7 Å². The predicted molar refractivity (Wildman–Crippen MR) is 103 cm³/mol. The fourth-order valence-corrected chi connectivity index (χ4v) is 3.55. The molecule has 0 bridgehead atoms. The summed E-state index contributed by atoms with van der Waals surface area (Å²) in [7, 11) is 0. The molecule has 4 nitrogen and oxygen atoms in total. The maximum atomic E-state index is 13.1. The minimum atomic E-state index is -4.61. The predicted octanol–water partition coefficient (Wildman–Crippen LogP) is 5.99. The van der Waals surface area contributed by atoms with Gasteiger partial charge < -0.3 is 9.73 Å². The molecule has 0 saturated carbocycles. The number of aromatic nitrogens is 1. The van der Waals surface area contributed by atoms with E-state index in [1.807, 2.05) is 31.2 Å². The number of aryl methyl sites for hydroxylation is 1. The van der Waals surface area contributed by atoms with Gasteiger partial charge in [-0.25, -0.2) is 9.78 Å². The molecule has 1 N–H and O–H groups in total. The molecule has 0 unspecified atom stereocenters. The first-order chi connectivity index (χ1) is 13.3. The number of anilines is 2. The van der Waals surface area contributed by atoms with E-state index in [1.54, 1.807) is 5.38 Å². The summed E-state index contributed by atoms with van der Waals surface area (Å²) in [5.74, 6) is 0. The topological polar surface area (TPSA) is 55.1 Å². The highest BCUT2D eigenvalue weighted by atomic mass is 32.1. The van der Waals surface area contributed by atoms with Gasteiger partial charge >= 0.3 is 11.8 Å². The van der Waals surface area contributed by atoms with Gasteiger partial charge in [0.25, 0.3) is 0 Å². The van der Waals surface area contributed by atoms with E-state index in [4.69, 9.17) is 4.42 Å². The van der Waals surface area contributed by atoms with Gasteiger partial charge in [0, 0.05) is 16.5 Å². The van der Waals surface area contributed by atoms with Crippen LogP contribution in [-0.2, 0) is 6.18 Å². The van der Waals surface area contributed by atoms with Crippen LogP contribution in [0, 0.1) is 6.92 Å². The highest BCUT2D eigenvalue weighted by Gasteiger charge is 2.34. The van der Waals surface area contributed by atoms with Gasteiger partial charge in [-0.05, 0) is 30.7 Å². The summed E-state index contributed by atoms with van der Waals surface area (Å²) in [4.78, 5) is 16.7. The van der Waals surface area contributed by atoms with Gasteiger partial charge in [-0.3, -0.25) is 0 Å². The average Bonchev–Trinajstić information content (AvgIpc) is 3.10. The third-order valence-electron chi connectivity index (χ3n) is 4.23. The second kappa shape index (κ2) is 6.79. The second-order valence-electron chi connectivity index (χ2n) is 6.15. The summed E-state index contributed by atoms with van der Waals surface area (Å²) in [5, 5.41) is 5.58. The van der Waals surface area contributed by atoms with Crippen LogP contribution in [0.1, 0.15) is 11.1 Å². The Morgan fingerprint density at radius 2 is 1.89 bits per heavy atom. The molecular formula is C20H13F3N2O2S. The minimum Gasteiger partial charge on any atom is -0.422 e. The molecule has 142 valence electrons. The van der Waals surface area contributed by atoms with Gasteiger partial charge in [0.1, 0.15) is 0 Å². The summed E-state index contributed by atoms with van der Waals surface area (Å²) >= 11 is 1.29. The van der Waals surface area contributed by atoms with Crippen LogP contribution in [-0.4, -0.2) is 4.98 Å². The number of para-hydroxylation sites is 2. The van der Waals surface area contributed by atoms with E-state index in [2.05, 4.69) is 10.3 Å². The van der Waals surface area contributed by atoms with Gasteiger partial charge in [0.05, 0.1) is 16.8 Å². The van der Waals surface area contributed by atoms with Gasteiger partial charge in [-0.1, -0.05) is 30.3 Å². The average molecular weight is 402 g/mol. The van der Waals surface area contributed by atoms with Crippen LogP contribution in [0.2, 0.25) is 0 Å². The molecule has 0 radical (unpaired) electrons. The van der Waals surface area contributed by atoms with Crippen LogP contribution >= 0.6 is 11.3 Å². The maximum absolute atomic E-state index is 13.1. The first kappa shape index (κ1) is 18.2. The molecule has 0 spiro atoms. The number of halogens is 3. The molecule has 0 aliphatic rings. The Bertz CT molecular complexity index is 1230. The van der Waals surface area contributed by atoms with E-state index in [-0.39, 0.29) is 10.9 Å². The van der Waals surface area contributed by atoms with Crippen molar-refractivity contribution in [2.45, 2.75) is 13.1 Å². The van der Waals surface area contributed by atoms with Gasteiger partial charge in [-0.2, -0.15) is 13.2 Å². The second-order valence-corrected chi connectivity index (χ2v) is 7.01. The monoisotopic (exact) mass is 402 g/mol. The number of thiazole rings is 1. The number of benzene rings is 2. The molecular weight excluding hydrogens is 389 g/mol. The smallest absolute Gasteiger partial charge is 0.420 e. The van der Waals surface area contributed by atoms with E-state index < -0.39 is 22.9 Å². The lowest BCUT2D eigenvalue weighted by Gasteiger charge is -2.09. The highest BCUT2D eigenvalue weighted by Crippen LogP contribution is 2.35. The number of rotatable bonds is 3. The molecule has 0 saturated heterocycles. The molecule has 4 aromatic rings. The van der Waals surface area contributed by atoms with Crippen LogP contribution < -0.4 is 10.9 Å².